The number of nitrogens with one attached hydrogen (secondary N) is 1. The van der Waals surface area contributed by atoms with Crippen LogP contribution >= 0.6 is 0 Å². The number of carbonyl (C=O) groups excluding carboxylic acids is 1. The van der Waals surface area contributed by atoms with Crippen molar-refractivity contribution in [2.24, 2.45) is 5.92 Å². The van der Waals surface area contributed by atoms with Crippen LogP contribution in [0.4, 0.5) is 0 Å². The maximum atomic E-state index is 12.6. The third-order valence-corrected chi connectivity index (χ3v) is 5.79. The fraction of sp³-hybridized carbons (Fsp3) is 0.533. The van der Waals surface area contributed by atoms with Crippen molar-refractivity contribution < 1.29 is 17.9 Å². The zero-order valence-electron chi connectivity index (χ0n) is 12.9. The van der Waals surface area contributed by atoms with Gasteiger partial charge in [0.2, 0.25) is 15.9 Å². The number of rotatable bonds is 5. The average molecular weight is 326 g/mol. The Kier molecular flexibility index (Phi) is 5.42. The minimum Gasteiger partial charge on any atom is -0.497 e. The highest BCUT2D eigenvalue weighted by atomic mass is 32.2. The first kappa shape index (κ1) is 16.8. The van der Waals surface area contributed by atoms with E-state index in [1.54, 1.807) is 24.3 Å². The molecule has 1 aliphatic heterocycles. The van der Waals surface area contributed by atoms with E-state index in [9.17, 15) is 13.2 Å². The second-order valence-corrected chi connectivity index (χ2v) is 7.19. The van der Waals surface area contributed by atoms with Gasteiger partial charge in [0.25, 0.3) is 0 Å². The SMILES string of the molecule is CCNC(=O)C1CCN(S(=O)(=O)c2ccc(OC)cc2)CC1. The van der Waals surface area contributed by atoms with Crippen LogP contribution in [0.5, 0.6) is 5.75 Å². The van der Waals surface area contributed by atoms with E-state index in [1.807, 2.05) is 6.92 Å². The summed E-state index contributed by atoms with van der Waals surface area (Å²) < 4.78 is 31.6. The molecular formula is C15H22N2O4S. The maximum Gasteiger partial charge on any atom is 0.243 e. The van der Waals surface area contributed by atoms with Crippen LogP contribution in [0.3, 0.4) is 0 Å². The van der Waals surface area contributed by atoms with Crippen LogP contribution in [0, 0.1) is 5.92 Å². The van der Waals surface area contributed by atoms with Gasteiger partial charge in [0.05, 0.1) is 12.0 Å². The fourth-order valence-electron chi connectivity index (χ4n) is 2.57. The summed E-state index contributed by atoms with van der Waals surface area (Å²) in [6.07, 6.45) is 1.11. The first-order chi connectivity index (χ1) is 10.5. The molecule has 1 fully saturated rings. The number of amides is 1. The molecule has 1 aromatic carbocycles. The van der Waals surface area contributed by atoms with Crippen molar-refractivity contribution in [3.05, 3.63) is 24.3 Å². The Morgan fingerprint density at radius 1 is 1.27 bits per heavy atom. The Balaban J connectivity index is 2.04. The number of piperidine rings is 1. The van der Waals surface area contributed by atoms with Gasteiger partial charge in [-0.3, -0.25) is 4.79 Å². The molecule has 1 aliphatic rings. The molecule has 1 N–H and O–H groups in total. The van der Waals surface area contributed by atoms with Crippen molar-refractivity contribution in [1.82, 2.24) is 9.62 Å². The second-order valence-electron chi connectivity index (χ2n) is 5.25. The molecule has 1 saturated heterocycles. The summed E-state index contributed by atoms with van der Waals surface area (Å²) in [6, 6.07) is 6.36. The number of carbonyl (C=O) groups is 1. The van der Waals surface area contributed by atoms with Gasteiger partial charge in [-0.25, -0.2) is 8.42 Å². The molecule has 0 atom stereocenters. The normalized spacial score (nSPS) is 17.2. The van der Waals surface area contributed by atoms with E-state index in [4.69, 9.17) is 4.74 Å². The minimum atomic E-state index is -3.50. The lowest BCUT2D eigenvalue weighted by Crippen LogP contribution is -2.42. The Hall–Kier alpha value is -1.60. The van der Waals surface area contributed by atoms with Crippen LogP contribution in [0.15, 0.2) is 29.2 Å². The predicted molar refractivity (Wildman–Crippen MR) is 83.2 cm³/mol. The third-order valence-electron chi connectivity index (χ3n) is 3.87. The van der Waals surface area contributed by atoms with Gasteiger partial charge in [-0.15, -0.1) is 0 Å². The highest BCUT2D eigenvalue weighted by Gasteiger charge is 2.31. The number of ether oxygens (including phenoxy) is 1. The molecule has 2 rings (SSSR count). The predicted octanol–water partition coefficient (Wildman–Crippen LogP) is 1.23. The molecule has 1 aromatic rings. The summed E-state index contributed by atoms with van der Waals surface area (Å²) in [7, 11) is -1.97. The van der Waals surface area contributed by atoms with Crippen LogP contribution in [0.2, 0.25) is 0 Å². The molecule has 0 aliphatic carbocycles. The van der Waals surface area contributed by atoms with Crippen LogP contribution in [0.1, 0.15) is 19.8 Å². The summed E-state index contributed by atoms with van der Waals surface area (Å²) in [6.45, 7) is 3.22. The van der Waals surface area contributed by atoms with Gasteiger partial charge in [0.1, 0.15) is 5.75 Å². The van der Waals surface area contributed by atoms with Crippen LogP contribution in [-0.2, 0) is 14.8 Å². The quantitative estimate of drug-likeness (QED) is 0.883. The van der Waals surface area contributed by atoms with E-state index in [0.29, 0.717) is 38.2 Å². The first-order valence-corrected chi connectivity index (χ1v) is 8.85. The van der Waals surface area contributed by atoms with E-state index in [1.165, 1.54) is 11.4 Å². The van der Waals surface area contributed by atoms with Crippen molar-refractivity contribution in [3.63, 3.8) is 0 Å². The molecular weight excluding hydrogens is 304 g/mol. The summed E-state index contributed by atoms with van der Waals surface area (Å²) in [4.78, 5) is 12.1. The maximum absolute atomic E-state index is 12.6. The van der Waals surface area contributed by atoms with Crippen molar-refractivity contribution in [2.45, 2.75) is 24.7 Å². The molecule has 0 bridgehead atoms. The Morgan fingerprint density at radius 3 is 2.36 bits per heavy atom. The van der Waals surface area contributed by atoms with Crippen molar-refractivity contribution in [1.29, 1.82) is 0 Å². The lowest BCUT2D eigenvalue weighted by atomic mass is 9.97. The van der Waals surface area contributed by atoms with Gasteiger partial charge < -0.3 is 10.1 Å². The molecule has 122 valence electrons. The van der Waals surface area contributed by atoms with E-state index >= 15 is 0 Å². The van der Waals surface area contributed by atoms with Crippen LogP contribution < -0.4 is 10.1 Å². The molecule has 0 aromatic heterocycles. The monoisotopic (exact) mass is 326 g/mol. The first-order valence-electron chi connectivity index (χ1n) is 7.41. The standard InChI is InChI=1S/C15H22N2O4S/c1-3-16-15(18)12-8-10-17(11-9-12)22(19,20)14-6-4-13(21-2)5-7-14/h4-7,12H,3,8-11H2,1-2H3,(H,16,18). The summed E-state index contributed by atoms with van der Waals surface area (Å²) in [5, 5.41) is 2.79. The molecule has 1 heterocycles. The van der Waals surface area contributed by atoms with Gasteiger partial charge >= 0.3 is 0 Å². The molecule has 1 amide bonds. The van der Waals surface area contributed by atoms with Gasteiger partial charge in [-0.05, 0) is 44.0 Å². The van der Waals surface area contributed by atoms with Gasteiger partial charge in [-0.2, -0.15) is 4.31 Å². The Labute approximate surface area is 131 Å². The zero-order valence-corrected chi connectivity index (χ0v) is 13.7. The summed E-state index contributed by atoms with van der Waals surface area (Å²) in [5.41, 5.74) is 0. The smallest absolute Gasteiger partial charge is 0.243 e. The van der Waals surface area contributed by atoms with Crippen molar-refractivity contribution in [3.8, 4) is 5.75 Å². The van der Waals surface area contributed by atoms with Crippen molar-refractivity contribution >= 4 is 15.9 Å². The molecule has 7 heteroatoms. The number of methoxy groups -OCH3 is 1. The largest absolute Gasteiger partial charge is 0.497 e. The molecule has 0 unspecified atom stereocenters. The second kappa shape index (κ2) is 7.11. The topological polar surface area (TPSA) is 75.7 Å². The molecule has 0 radical (unpaired) electrons. The highest BCUT2D eigenvalue weighted by Crippen LogP contribution is 2.25. The molecule has 0 spiro atoms. The summed E-state index contributed by atoms with van der Waals surface area (Å²) in [5.74, 6) is 0.542. The number of nitrogens with zero attached hydrogens (tertiary/aromatic N) is 1. The van der Waals surface area contributed by atoms with E-state index < -0.39 is 10.0 Å². The van der Waals surface area contributed by atoms with Crippen LogP contribution in [0.25, 0.3) is 0 Å². The van der Waals surface area contributed by atoms with Crippen LogP contribution in [-0.4, -0.2) is 45.4 Å². The number of hydrogen-bond donors (Lipinski definition) is 1. The summed E-state index contributed by atoms with van der Waals surface area (Å²) >= 11 is 0. The number of sulfonamides is 1. The zero-order chi connectivity index (χ0) is 16.2. The van der Waals surface area contributed by atoms with Crippen molar-refractivity contribution in [2.75, 3.05) is 26.7 Å². The Morgan fingerprint density at radius 2 is 1.86 bits per heavy atom. The highest BCUT2D eigenvalue weighted by molar-refractivity contribution is 7.89. The third kappa shape index (κ3) is 3.59. The molecule has 6 nitrogen and oxygen atoms in total. The average Bonchev–Trinajstić information content (AvgIpc) is 2.55. The van der Waals surface area contributed by atoms with Gasteiger partial charge in [0, 0.05) is 25.6 Å². The Bertz CT molecular complexity index is 605. The molecule has 0 saturated carbocycles. The molecule has 22 heavy (non-hydrogen) atoms. The van der Waals surface area contributed by atoms with E-state index in [-0.39, 0.29) is 16.7 Å². The minimum absolute atomic E-state index is 0.0176. The number of benzene rings is 1. The lowest BCUT2D eigenvalue weighted by Gasteiger charge is -2.30. The lowest BCUT2D eigenvalue weighted by molar-refractivity contribution is -0.126. The van der Waals surface area contributed by atoms with E-state index in [2.05, 4.69) is 5.32 Å². The fourth-order valence-corrected chi connectivity index (χ4v) is 4.04. The van der Waals surface area contributed by atoms with E-state index in [0.717, 1.165) is 0 Å². The van der Waals surface area contributed by atoms with Gasteiger partial charge in [0.15, 0.2) is 0 Å². The van der Waals surface area contributed by atoms with Gasteiger partial charge in [-0.1, -0.05) is 0 Å². The number of hydrogen-bond acceptors (Lipinski definition) is 4.